The largest absolute Gasteiger partial charge is 0.464 e. The van der Waals surface area contributed by atoms with Crippen molar-refractivity contribution in [1.29, 1.82) is 0 Å². The van der Waals surface area contributed by atoms with Crippen molar-refractivity contribution < 1.29 is 4.42 Å². The number of nitrogens with two attached hydrogens (primary N) is 1. The monoisotopic (exact) mass is 264 g/mol. The second-order valence-corrected chi connectivity index (χ2v) is 4.54. The van der Waals surface area contributed by atoms with Crippen molar-refractivity contribution in [2.75, 3.05) is 11.9 Å². The minimum absolute atomic E-state index is 0.0382. The van der Waals surface area contributed by atoms with Crippen molar-refractivity contribution in [2.24, 2.45) is 5.73 Å². The van der Waals surface area contributed by atoms with Gasteiger partial charge in [-0.05, 0) is 30.3 Å². The van der Waals surface area contributed by atoms with Crippen LogP contribution in [0.4, 0.5) is 5.69 Å². The van der Waals surface area contributed by atoms with Crippen molar-refractivity contribution >= 4 is 17.3 Å². The van der Waals surface area contributed by atoms with Crippen molar-refractivity contribution in [1.82, 2.24) is 0 Å². The average Bonchev–Trinajstić information content (AvgIpc) is 2.84. The van der Waals surface area contributed by atoms with Crippen LogP contribution in [0, 0.1) is 0 Å². The first-order valence-corrected chi connectivity index (χ1v) is 6.41. The van der Waals surface area contributed by atoms with E-state index in [1.807, 2.05) is 36.4 Å². The standard InChI is InChI=1S/C14H17ClN2O/c1-2-12-6-7-14(18-12)13(9-16)17-11-5-3-4-10(15)8-11/h3-8,13,17H,2,9,16H2,1H3. The summed E-state index contributed by atoms with van der Waals surface area (Å²) in [6.07, 6.45) is 0.883. The first-order valence-electron chi connectivity index (χ1n) is 6.03. The highest BCUT2D eigenvalue weighted by molar-refractivity contribution is 6.30. The fraction of sp³-hybridized carbons (Fsp3) is 0.286. The van der Waals surface area contributed by atoms with Crippen LogP contribution in [0.2, 0.25) is 5.02 Å². The molecule has 2 aromatic rings. The summed E-state index contributed by atoms with van der Waals surface area (Å²) in [6, 6.07) is 11.5. The third kappa shape index (κ3) is 3.06. The van der Waals surface area contributed by atoms with Crippen molar-refractivity contribution in [2.45, 2.75) is 19.4 Å². The van der Waals surface area contributed by atoms with E-state index in [1.54, 1.807) is 0 Å². The molecule has 0 saturated heterocycles. The molecule has 3 nitrogen and oxygen atoms in total. The minimum atomic E-state index is -0.0382. The molecule has 0 fully saturated rings. The SMILES string of the molecule is CCc1ccc(C(CN)Nc2cccc(Cl)c2)o1. The smallest absolute Gasteiger partial charge is 0.127 e. The molecule has 1 unspecified atom stereocenters. The Morgan fingerprint density at radius 1 is 1.33 bits per heavy atom. The molecule has 0 bridgehead atoms. The van der Waals surface area contributed by atoms with E-state index in [0.717, 1.165) is 23.6 Å². The van der Waals surface area contributed by atoms with Gasteiger partial charge in [-0.1, -0.05) is 24.6 Å². The molecule has 1 aromatic carbocycles. The molecule has 0 spiro atoms. The molecule has 1 aromatic heterocycles. The average molecular weight is 265 g/mol. The number of halogens is 1. The van der Waals surface area contributed by atoms with Crippen LogP contribution in [0.1, 0.15) is 24.5 Å². The van der Waals surface area contributed by atoms with Gasteiger partial charge in [0.1, 0.15) is 11.5 Å². The highest BCUT2D eigenvalue weighted by Crippen LogP contribution is 2.23. The summed E-state index contributed by atoms with van der Waals surface area (Å²) in [5.74, 6) is 1.82. The molecule has 0 amide bonds. The Labute approximate surface area is 112 Å². The molecule has 0 radical (unpaired) electrons. The Bertz CT molecular complexity index is 510. The number of hydrogen-bond acceptors (Lipinski definition) is 3. The minimum Gasteiger partial charge on any atom is -0.464 e. The lowest BCUT2D eigenvalue weighted by atomic mass is 10.2. The second kappa shape index (κ2) is 5.94. The van der Waals surface area contributed by atoms with Crippen LogP contribution in [0.5, 0.6) is 0 Å². The molecule has 96 valence electrons. The van der Waals surface area contributed by atoms with Gasteiger partial charge in [0.25, 0.3) is 0 Å². The van der Waals surface area contributed by atoms with Crippen LogP contribution in [-0.4, -0.2) is 6.54 Å². The summed E-state index contributed by atoms with van der Waals surface area (Å²) in [7, 11) is 0. The Hall–Kier alpha value is -1.45. The van der Waals surface area contributed by atoms with Crippen LogP contribution >= 0.6 is 11.6 Å². The highest BCUT2D eigenvalue weighted by Gasteiger charge is 2.13. The molecule has 4 heteroatoms. The molecule has 2 rings (SSSR count). The topological polar surface area (TPSA) is 51.2 Å². The summed E-state index contributed by atoms with van der Waals surface area (Å²) in [5.41, 5.74) is 6.72. The Kier molecular flexibility index (Phi) is 4.28. The Morgan fingerprint density at radius 3 is 2.78 bits per heavy atom. The van der Waals surface area contributed by atoms with Crippen molar-refractivity contribution in [3.05, 3.63) is 52.9 Å². The van der Waals surface area contributed by atoms with E-state index in [0.29, 0.717) is 11.6 Å². The van der Waals surface area contributed by atoms with Gasteiger partial charge in [0.15, 0.2) is 0 Å². The normalized spacial score (nSPS) is 12.4. The second-order valence-electron chi connectivity index (χ2n) is 4.10. The number of benzene rings is 1. The molecule has 0 aliphatic heterocycles. The molecular weight excluding hydrogens is 248 g/mol. The van der Waals surface area contributed by atoms with Crippen LogP contribution in [0.25, 0.3) is 0 Å². The van der Waals surface area contributed by atoms with Crippen LogP contribution in [-0.2, 0) is 6.42 Å². The van der Waals surface area contributed by atoms with Crippen LogP contribution in [0.3, 0.4) is 0 Å². The number of aryl methyl sites for hydroxylation is 1. The summed E-state index contributed by atoms with van der Waals surface area (Å²) in [4.78, 5) is 0. The zero-order valence-corrected chi connectivity index (χ0v) is 11.1. The highest BCUT2D eigenvalue weighted by atomic mass is 35.5. The summed E-state index contributed by atoms with van der Waals surface area (Å²) in [5, 5.41) is 4.02. The zero-order chi connectivity index (χ0) is 13.0. The first-order chi connectivity index (χ1) is 8.72. The van der Waals surface area contributed by atoms with Crippen molar-refractivity contribution in [3.8, 4) is 0 Å². The number of hydrogen-bond donors (Lipinski definition) is 2. The fourth-order valence-electron chi connectivity index (χ4n) is 1.80. The van der Waals surface area contributed by atoms with Crippen LogP contribution in [0.15, 0.2) is 40.8 Å². The zero-order valence-electron chi connectivity index (χ0n) is 10.3. The molecule has 1 atom stereocenters. The summed E-state index contributed by atoms with van der Waals surface area (Å²) < 4.78 is 5.71. The van der Waals surface area contributed by atoms with E-state index in [4.69, 9.17) is 21.8 Å². The molecule has 18 heavy (non-hydrogen) atoms. The van der Waals surface area contributed by atoms with E-state index in [9.17, 15) is 0 Å². The third-order valence-corrected chi connectivity index (χ3v) is 3.01. The fourth-order valence-corrected chi connectivity index (χ4v) is 1.99. The molecule has 0 aliphatic carbocycles. The number of nitrogens with one attached hydrogen (secondary N) is 1. The van der Waals surface area contributed by atoms with Crippen molar-refractivity contribution in [3.63, 3.8) is 0 Å². The van der Waals surface area contributed by atoms with Gasteiger partial charge in [-0.25, -0.2) is 0 Å². The lowest BCUT2D eigenvalue weighted by Crippen LogP contribution is -2.20. The lowest BCUT2D eigenvalue weighted by molar-refractivity contribution is 0.448. The van der Waals surface area contributed by atoms with Gasteiger partial charge in [-0.3, -0.25) is 0 Å². The van der Waals surface area contributed by atoms with Gasteiger partial charge in [-0.15, -0.1) is 0 Å². The van der Waals surface area contributed by atoms with Gasteiger partial charge in [0.2, 0.25) is 0 Å². The Morgan fingerprint density at radius 2 is 2.17 bits per heavy atom. The van der Waals surface area contributed by atoms with E-state index in [-0.39, 0.29) is 6.04 Å². The van der Waals surface area contributed by atoms with E-state index in [2.05, 4.69) is 12.2 Å². The van der Waals surface area contributed by atoms with Gasteiger partial charge in [0, 0.05) is 23.7 Å². The maximum atomic E-state index is 5.95. The van der Waals surface area contributed by atoms with E-state index < -0.39 is 0 Å². The number of anilines is 1. The molecule has 0 saturated carbocycles. The predicted octanol–water partition coefficient (Wildman–Crippen LogP) is 3.61. The van der Waals surface area contributed by atoms with Gasteiger partial charge in [0.05, 0.1) is 6.04 Å². The maximum Gasteiger partial charge on any atom is 0.127 e. The van der Waals surface area contributed by atoms with E-state index in [1.165, 1.54) is 0 Å². The van der Waals surface area contributed by atoms with Crippen LogP contribution < -0.4 is 11.1 Å². The van der Waals surface area contributed by atoms with Gasteiger partial charge < -0.3 is 15.5 Å². The first kappa shape index (κ1) is 13.0. The molecule has 3 N–H and O–H groups in total. The number of furan rings is 1. The summed E-state index contributed by atoms with van der Waals surface area (Å²) >= 11 is 5.95. The van der Waals surface area contributed by atoms with Gasteiger partial charge >= 0.3 is 0 Å². The molecular formula is C14H17ClN2O. The van der Waals surface area contributed by atoms with E-state index >= 15 is 0 Å². The lowest BCUT2D eigenvalue weighted by Gasteiger charge is -2.16. The maximum absolute atomic E-state index is 5.95. The summed E-state index contributed by atoms with van der Waals surface area (Å²) in [6.45, 7) is 2.52. The molecule has 0 aliphatic rings. The number of rotatable bonds is 5. The molecule has 1 heterocycles. The van der Waals surface area contributed by atoms with Gasteiger partial charge in [-0.2, -0.15) is 0 Å². The third-order valence-electron chi connectivity index (χ3n) is 2.78. The Balaban J connectivity index is 2.14. The predicted molar refractivity (Wildman–Crippen MR) is 75.0 cm³/mol. The quantitative estimate of drug-likeness (QED) is 0.867.